The first-order valence-electron chi connectivity index (χ1n) is 8.92. The Balaban J connectivity index is 1.50. The third-order valence-electron chi connectivity index (χ3n) is 5.18. The van der Waals surface area contributed by atoms with Crippen LogP contribution >= 0.6 is 11.8 Å². The minimum Gasteiger partial charge on any atom is -0.345 e. The van der Waals surface area contributed by atoms with Crippen LogP contribution in [-0.2, 0) is 0 Å². The van der Waals surface area contributed by atoms with E-state index in [0.29, 0.717) is 11.8 Å². The molecule has 5 heteroatoms. The number of hydrogen-bond donors (Lipinski definition) is 1. The number of hydrogen-bond acceptors (Lipinski definition) is 3. The summed E-state index contributed by atoms with van der Waals surface area (Å²) in [5.74, 6) is 0.595. The van der Waals surface area contributed by atoms with Gasteiger partial charge in [-0.15, -0.1) is 0 Å². The third kappa shape index (κ3) is 3.13. The van der Waals surface area contributed by atoms with Gasteiger partial charge in [-0.25, -0.2) is 4.98 Å². The highest BCUT2D eigenvalue weighted by atomic mass is 32.2. The Hall–Kier alpha value is -2.01. The number of imidazole rings is 1. The van der Waals surface area contributed by atoms with Gasteiger partial charge in [0, 0.05) is 23.0 Å². The van der Waals surface area contributed by atoms with Crippen LogP contribution in [0, 0.1) is 13.8 Å². The summed E-state index contributed by atoms with van der Waals surface area (Å²) in [6, 6.07) is 10.6. The molecule has 4 nitrogen and oxygen atoms in total. The van der Waals surface area contributed by atoms with Crippen molar-refractivity contribution in [2.45, 2.75) is 50.7 Å². The molecule has 2 heterocycles. The Labute approximate surface area is 152 Å². The first-order valence-corrected chi connectivity index (χ1v) is 9.91. The highest BCUT2D eigenvalue weighted by Crippen LogP contribution is 2.33. The Bertz CT molecular complexity index is 885. The normalized spacial score (nSPS) is 15.3. The first-order chi connectivity index (χ1) is 12.1. The average molecular weight is 353 g/mol. The highest BCUT2D eigenvalue weighted by Gasteiger charge is 2.23. The number of aryl methyl sites for hydroxylation is 1. The number of ketones is 1. The van der Waals surface area contributed by atoms with Gasteiger partial charge in [0.25, 0.3) is 0 Å². The second-order valence-corrected chi connectivity index (χ2v) is 7.83. The molecule has 0 amide bonds. The quantitative estimate of drug-likeness (QED) is 0.514. The van der Waals surface area contributed by atoms with Crippen molar-refractivity contribution >= 4 is 28.6 Å². The zero-order chi connectivity index (χ0) is 17.4. The van der Waals surface area contributed by atoms with Crippen LogP contribution in [0.25, 0.3) is 11.0 Å². The van der Waals surface area contributed by atoms with E-state index in [0.717, 1.165) is 27.4 Å². The smallest absolute Gasteiger partial charge is 0.175 e. The standard InChI is InChI=1S/C20H23N3OS/c1-13-11-16(14(2)23(13)15-7-3-4-8-15)19(24)12-25-20-21-17-9-5-6-10-18(17)22-20/h5-6,9-11,15H,3-4,7-8,12H2,1-2H3,(H,21,22). The maximum atomic E-state index is 12.8. The lowest BCUT2D eigenvalue weighted by Gasteiger charge is -2.17. The summed E-state index contributed by atoms with van der Waals surface area (Å²) in [7, 11) is 0. The first kappa shape index (κ1) is 16.5. The van der Waals surface area contributed by atoms with Gasteiger partial charge in [0.2, 0.25) is 0 Å². The molecule has 0 atom stereocenters. The lowest BCUT2D eigenvalue weighted by Crippen LogP contribution is -2.10. The lowest BCUT2D eigenvalue weighted by atomic mass is 10.2. The molecular weight excluding hydrogens is 330 g/mol. The van der Waals surface area contributed by atoms with Crippen LogP contribution in [0.5, 0.6) is 0 Å². The van der Waals surface area contributed by atoms with Crippen LogP contribution in [-0.4, -0.2) is 26.1 Å². The van der Waals surface area contributed by atoms with Crippen molar-refractivity contribution in [3.8, 4) is 0 Å². The van der Waals surface area contributed by atoms with Crippen molar-refractivity contribution < 1.29 is 4.79 Å². The summed E-state index contributed by atoms with van der Waals surface area (Å²) < 4.78 is 2.38. The van der Waals surface area contributed by atoms with Gasteiger partial charge in [0.05, 0.1) is 16.8 Å². The minimum atomic E-state index is 0.183. The van der Waals surface area contributed by atoms with Gasteiger partial charge in [0.1, 0.15) is 0 Å². The number of H-pyrrole nitrogens is 1. The molecule has 1 N–H and O–H groups in total. The van der Waals surface area contributed by atoms with E-state index >= 15 is 0 Å². The number of benzene rings is 1. The van der Waals surface area contributed by atoms with Crippen molar-refractivity contribution in [2.75, 3.05) is 5.75 Å². The van der Waals surface area contributed by atoms with Crippen LogP contribution in [0.15, 0.2) is 35.5 Å². The fraction of sp³-hybridized carbons (Fsp3) is 0.400. The van der Waals surface area contributed by atoms with E-state index in [1.807, 2.05) is 24.3 Å². The van der Waals surface area contributed by atoms with Crippen molar-refractivity contribution in [1.82, 2.24) is 14.5 Å². The summed E-state index contributed by atoms with van der Waals surface area (Å²) in [5.41, 5.74) is 5.16. The number of carbonyl (C=O) groups excluding carboxylic acids is 1. The van der Waals surface area contributed by atoms with Gasteiger partial charge in [-0.2, -0.15) is 0 Å². The molecule has 0 aliphatic heterocycles. The van der Waals surface area contributed by atoms with Crippen LogP contribution in [0.3, 0.4) is 0 Å². The zero-order valence-corrected chi connectivity index (χ0v) is 15.5. The molecule has 2 aromatic heterocycles. The number of nitrogens with one attached hydrogen (secondary N) is 1. The Morgan fingerprint density at radius 1 is 1.28 bits per heavy atom. The summed E-state index contributed by atoms with van der Waals surface area (Å²) in [5, 5.41) is 0.805. The zero-order valence-electron chi connectivity index (χ0n) is 14.7. The average Bonchev–Trinajstić information content (AvgIpc) is 3.31. The number of Topliss-reactive ketones (excluding diaryl/α,β-unsaturated/α-hetero) is 1. The summed E-state index contributed by atoms with van der Waals surface area (Å²) in [6.07, 6.45) is 5.06. The van der Waals surface area contributed by atoms with E-state index in [1.165, 1.54) is 43.1 Å². The van der Waals surface area contributed by atoms with E-state index in [2.05, 4.69) is 34.4 Å². The Morgan fingerprint density at radius 3 is 2.80 bits per heavy atom. The molecule has 0 radical (unpaired) electrons. The SMILES string of the molecule is Cc1cc(C(=O)CSc2nc3ccccc3[nH]2)c(C)n1C1CCCC1. The molecule has 1 aromatic carbocycles. The van der Waals surface area contributed by atoms with Gasteiger partial charge >= 0.3 is 0 Å². The molecule has 1 fully saturated rings. The molecule has 0 spiro atoms. The number of thioether (sulfide) groups is 1. The lowest BCUT2D eigenvalue weighted by molar-refractivity contribution is 0.102. The number of carbonyl (C=O) groups is 1. The molecule has 0 saturated heterocycles. The molecule has 1 aliphatic carbocycles. The predicted octanol–water partition coefficient (Wildman–Crippen LogP) is 5.07. The highest BCUT2D eigenvalue weighted by molar-refractivity contribution is 7.99. The molecule has 4 rings (SSSR count). The third-order valence-corrected chi connectivity index (χ3v) is 6.06. The fourth-order valence-electron chi connectivity index (χ4n) is 3.99. The van der Waals surface area contributed by atoms with Crippen LogP contribution < -0.4 is 0 Å². The maximum Gasteiger partial charge on any atom is 0.175 e. The van der Waals surface area contributed by atoms with Crippen LogP contribution in [0.2, 0.25) is 0 Å². The van der Waals surface area contributed by atoms with Crippen LogP contribution in [0.1, 0.15) is 53.5 Å². The number of aromatic nitrogens is 3. The van der Waals surface area contributed by atoms with E-state index in [-0.39, 0.29) is 5.78 Å². The maximum absolute atomic E-state index is 12.8. The van der Waals surface area contributed by atoms with Gasteiger partial charge in [-0.1, -0.05) is 36.7 Å². The molecule has 1 aliphatic rings. The van der Waals surface area contributed by atoms with Crippen molar-refractivity contribution in [2.24, 2.45) is 0 Å². The Kier molecular flexibility index (Phi) is 4.42. The molecule has 25 heavy (non-hydrogen) atoms. The number of rotatable bonds is 5. The van der Waals surface area contributed by atoms with Crippen molar-refractivity contribution in [3.05, 3.63) is 47.3 Å². The van der Waals surface area contributed by atoms with Gasteiger partial charge in [-0.3, -0.25) is 4.79 Å². The van der Waals surface area contributed by atoms with Gasteiger partial charge in [0.15, 0.2) is 10.9 Å². The van der Waals surface area contributed by atoms with Crippen LogP contribution in [0.4, 0.5) is 0 Å². The molecule has 3 aromatic rings. The monoisotopic (exact) mass is 353 g/mol. The number of fused-ring (bicyclic) bond motifs is 1. The summed E-state index contributed by atoms with van der Waals surface area (Å²) in [4.78, 5) is 20.6. The van der Waals surface area contributed by atoms with Gasteiger partial charge < -0.3 is 9.55 Å². The van der Waals surface area contributed by atoms with E-state index in [1.54, 1.807) is 0 Å². The van der Waals surface area contributed by atoms with Crippen molar-refractivity contribution in [1.29, 1.82) is 0 Å². The second kappa shape index (κ2) is 6.71. The fourth-order valence-corrected chi connectivity index (χ4v) is 4.76. The molecular formula is C20H23N3OS. The molecule has 0 bridgehead atoms. The van der Waals surface area contributed by atoms with E-state index in [4.69, 9.17) is 0 Å². The predicted molar refractivity (Wildman–Crippen MR) is 103 cm³/mol. The number of aromatic amines is 1. The minimum absolute atomic E-state index is 0.183. The second-order valence-electron chi connectivity index (χ2n) is 6.86. The number of nitrogens with zero attached hydrogens (tertiary/aromatic N) is 2. The Morgan fingerprint density at radius 2 is 2.04 bits per heavy atom. The molecule has 130 valence electrons. The topological polar surface area (TPSA) is 50.7 Å². The summed E-state index contributed by atoms with van der Waals surface area (Å²) >= 11 is 1.48. The van der Waals surface area contributed by atoms with E-state index < -0.39 is 0 Å². The van der Waals surface area contributed by atoms with Gasteiger partial charge in [-0.05, 0) is 44.9 Å². The molecule has 1 saturated carbocycles. The number of para-hydroxylation sites is 2. The molecule has 0 unspecified atom stereocenters. The van der Waals surface area contributed by atoms with E-state index in [9.17, 15) is 4.79 Å². The summed E-state index contributed by atoms with van der Waals surface area (Å²) in [6.45, 7) is 4.21. The van der Waals surface area contributed by atoms with Crippen molar-refractivity contribution in [3.63, 3.8) is 0 Å². The largest absolute Gasteiger partial charge is 0.345 e.